The average Bonchev–Trinajstić information content (AvgIpc) is 2.84. The Bertz CT molecular complexity index is 1300. The molecule has 173 valence electrons. The zero-order chi connectivity index (χ0) is 23.9. The quantitative estimate of drug-likeness (QED) is 0.329. The standard InChI is InChI=1S/C24H21ClN5O4/c1-32-10-11-33-17-6-7-18-20(13-17)29-24(22(26)31)30-23(18)28-15-5-8-21(19(25)12-15)34-14-16-4-2-3-9-27-16/h2-5,7-9,12-13H,10-11,14H2,1H3,(H2,26,31)(H,28,29,30). The molecule has 3 N–H and O–H groups in total. The molecule has 2 aromatic carbocycles. The lowest BCUT2D eigenvalue weighted by Crippen LogP contribution is -2.16. The number of halogens is 1. The predicted octanol–water partition coefficient (Wildman–Crippen LogP) is 3.93. The molecular formula is C24H21ClN5O4. The van der Waals surface area contributed by atoms with Crippen molar-refractivity contribution in [1.29, 1.82) is 0 Å². The highest BCUT2D eigenvalue weighted by Crippen LogP contribution is 2.31. The number of carbonyl (C=O) groups excluding carboxylic acids is 1. The van der Waals surface area contributed by atoms with E-state index in [0.29, 0.717) is 52.1 Å². The van der Waals surface area contributed by atoms with E-state index in [1.54, 1.807) is 43.6 Å². The van der Waals surface area contributed by atoms with Crippen LogP contribution in [0.1, 0.15) is 16.3 Å². The number of hydrogen-bond acceptors (Lipinski definition) is 8. The van der Waals surface area contributed by atoms with Crippen molar-refractivity contribution in [3.05, 3.63) is 77.3 Å². The first-order valence-electron chi connectivity index (χ1n) is 10.3. The highest BCUT2D eigenvalue weighted by Gasteiger charge is 2.14. The molecule has 10 heteroatoms. The third-order valence-corrected chi connectivity index (χ3v) is 4.96. The highest BCUT2D eigenvalue weighted by atomic mass is 35.5. The summed E-state index contributed by atoms with van der Waals surface area (Å²) in [5, 5.41) is 4.18. The van der Waals surface area contributed by atoms with Crippen LogP contribution in [0.2, 0.25) is 5.02 Å². The van der Waals surface area contributed by atoms with Crippen LogP contribution in [0.15, 0.2) is 54.7 Å². The summed E-state index contributed by atoms with van der Waals surface area (Å²) in [7, 11) is 1.59. The number of primary amides is 1. The second-order valence-electron chi connectivity index (χ2n) is 7.08. The van der Waals surface area contributed by atoms with E-state index in [-0.39, 0.29) is 12.4 Å². The maximum Gasteiger partial charge on any atom is 0.286 e. The van der Waals surface area contributed by atoms with Gasteiger partial charge in [0.2, 0.25) is 5.82 Å². The number of anilines is 2. The summed E-state index contributed by atoms with van der Waals surface area (Å²) in [6, 6.07) is 17.2. The van der Waals surface area contributed by atoms with Crippen molar-refractivity contribution in [2.75, 3.05) is 25.6 Å². The van der Waals surface area contributed by atoms with E-state index in [1.165, 1.54) is 0 Å². The predicted molar refractivity (Wildman–Crippen MR) is 128 cm³/mol. The maximum absolute atomic E-state index is 11.8. The van der Waals surface area contributed by atoms with Crippen LogP contribution in [-0.2, 0) is 11.3 Å². The van der Waals surface area contributed by atoms with Gasteiger partial charge in [0.05, 0.1) is 22.8 Å². The van der Waals surface area contributed by atoms with Crippen LogP contribution in [0.3, 0.4) is 0 Å². The number of fused-ring (bicyclic) bond motifs is 1. The van der Waals surface area contributed by atoms with E-state index >= 15 is 0 Å². The van der Waals surface area contributed by atoms with Crippen LogP contribution in [0.4, 0.5) is 11.5 Å². The van der Waals surface area contributed by atoms with Gasteiger partial charge in [0, 0.05) is 36.5 Å². The monoisotopic (exact) mass is 478 g/mol. The summed E-state index contributed by atoms with van der Waals surface area (Å²) in [6.07, 6.45) is 1.70. The number of nitrogens with zero attached hydrogens (tertiary/aromatic N) is 3. The number of nitrogens with two attached hydrogens (primary N) is 1. The Labute approximate surface area is 200 Å². The average molecular weight is 479 g/mol. The van der Waals surface area contributed by atoms with Gasteiger partial charge >= 0.3 is 0 Å². The molecule has 2 aromatic heterocycles. The van der Waals surface area contributed by atoms with Gasteiger partial charge in [-0.25, -0.2) is 9.97 Å². The first kappa shape index (κ1) is 23.2. The van der Waals surface area contributed by atoms with Gasteiger partial charge in [0.15, 0.2) is 0 Å². The van der Waals surface area contributed by atoms with Crippen molar-refractivity contribution in [2.45, 2.75) is 6.61 Å². The van der Waals surface area contributed by atoms with Crippen molar-refractivity contribution < 1.29 is 19.0 Å². The molecule has 1 radical (unpaired) electrons. The van der Waals surface area contributed by atoms with Crippen molar-refractivity contribution in [3.63, 3.8) is 0 Å². The molecule has 0 aliphatic rings. The van der Waals surface area contributed by atoms with Crippen molar-refractivity contribution in [3.8, 4) is 11.5 Å². The lowest BCUT2D eigenvalue weighted by molar-refractivity contribution is 0.0991. The number of methoxy groups -OCH3 is 1. The van der Waals surface area contributed by atoms with Crippen LogP contribution in [-0.4, -0.2) is 41.2 Å². The molecule has 34 heavy (non-hydrogen) atoms. The minimum Gasteiger partial charge on any atom is -0.490 e. The second kappa shape index (κ2) is 10.8. The summed E-state index contributed by atoms with van der Waals surface area (Å²) in [5.74, 6) is 0.453. The molecule has 0 spiro atoms. The fourth-order valence-electron chi connectivity index (χ4n) is 3.04. The molecular weight excluding hydrogens is 458 g/mol. The third kappa shape index (κ3) is 5.69. The summed E-state index contributed by atoms with van der Waals surface area (Å²) in [5.41, 5.74) is 7.33. The van der Waals surface area contributed by atoms with Crippen LogP contribution in [0.25, 0.3) is 10.9 Å². The Morgan fingerprint density at radius 2 is 2.03 bits per heavy atom. The fraction of sp³-hybridized carbons (Fsp3) is 0.167. The van der Waals surface area contributed by atoms with Gasteiger partial charge in [0.1, 0.15) is 30.5 Å². The molecule has 0 saturated heterocycles. The van der Waals surface area contributed by atoms with E-state index in [1.807, 2.05) is 18.2 Å². The minimum absolute atomic E-state index is 0.134. The second-order valence-corrected chi connectivity index (χ2v) is 7.48. The first-order valence-corrected chi connectivity index (χ1v) is 10.7. The zero-order valence-corrected chi connectivity index (χ0v) is 19.0. The molecule has 0 unspecified atom stereocenters. The summed E-state index contributed by atoms with van der Waals surface area (Å²) >= 11 is 6.42. The van der Waals surface area contributed by atoms with Gasteiger partial charge in [-0.15, -0.1) is 0 Å². The van der Waals surface area contributed by atoms with Crippen LogP contribution < -0.4 is 20.5 Å². The Balaban J connectivity index is 1.57. The van der Waals surface area contributed by atoms with Gasteiger partial charge < -0.3 is 25.3 Å². The van der Waals surface area contributed by atoms with Gasteiger partial charge in [-0.3, -0.25) is 9.78 Å². The molecule has 9 nitrogen and oxygen atoms in total. The molecule has 2 heterocycles. The molecule has 1 amide bonds. The number of benzene rings is 2. The summed E-state index contributed by atoms with van der Waals surface area (Å²) in [6.45, 7) is 1.07. The number of pyridine rings is 1. The van der Waals surface area contributed by atoms with Gasteiger partial charge in [-0.05, 0) is 36.4 Å². The zero-order valence-electron chi connectivity index (χ0n) is 18.2. The third-order valence-electron chi connectivity index (χ3n) is 4.66. The number of ether oxygens (including phenoxy) is 3. The number of nitrogens with one attached hydrogen (secondary N) is 1. The highest BCUT2D eigenvalue weighted by molar-refractivity contribution is 6.32. The number of carbonyl (C=O) groups is 1. The van der Waals surface area contributed by atoms with Crippen molar-refractivity contribution in [2.24, 2.45) is 5.73 Å². The first-order chi connectivity index (χ1) is 16.5. The Hall–Kier alpha value is -3.95. The van der Waals surface area contributed by atoms with E-state index < -0.39 is 5.91 Å². The van der Waals surface area contributed by atoms with E-state index in [2.05, 4.69) is 26.3 Å². The van der Waals surface area contributed by atoms with Crippen molar-refractivity contribution >= 4 is 39.9 Å². The van der Waals surface area contributed by atoms with Crippen LogP contribution >= 0.6 is 11.6 Å². The largest absolute Gasteiger partial charge is 0.490 e. The molecule has 0 aliphatic carbocycles. The van der Waals surface area contributed by atoms with Crippen molar-refractivity contribution in [1.82, 2.24) is 15.0 Å². The van der Waals surface area contributed by atoms with Gasteiger partial charge in [-0.1, -0.05) is 17.7 Å². The van der Waals surface area contributed by atoms with Gasteiger partial charge in [0.25, 0.3) is 5.91 Å². The van der Waals surface area contributed by atoms with E-state index in [4.69, 9.17) is 31.5 Å². The smallest absolute Gasteiger partial charge is 0.286 e. The fourth-order valence-corrected chi connectivity index (χ4v) is 3.27. The summed E-state index contributed by atoms with van der Waals surface area (Å²) in [4.78, 5) is 24.5. The summed E-state index contributed by atoms with van der Waals surface area (Å²) < 4.78 is 16.3. The minimum atomic E-state index is -0.754. The van der Waals surface area contributed by atoms with Crippen LogP contribution in [0, 0.1) is 6.07 Å². The number of amides is 1. The Morgan fingerprint density at radius 3 is 2.76 bits per heavy atom. The SMILES string of the molecule is COCCOc1[c]cc2c(Nc3ccc(OCc4ccccn4)c(Cl)c3)nc(C(N)=O)nc2c1. The molecule has 0 bridgehead atoms. The Kier molecular flexibility index (Phi) is 7.36. The number of hydrogen-bond donors (Lipinski definition) is 2. The molecule has 0 fully saturated rings. The van der Waals surface area contributed by atoms with Gasteiger partial charge in [-0.2, -0.15) is 0 Å². The van der Waals surface area contributed by atoms with E-state index in [9.17, 15) is 4.79 Å². The topological polar surface area (TPSA) is 121 Å². The lowest BCUT2D eigenvalue weighted by atomic mass is 10.2. The molecule has 0 aliphatic heterocycles. The molecule has 0 saturated carbocycles. The molecule has 4 aromatic rings. The molecule has 0 atom stereocenters. The maximum atomic E-state index is 11.8. The number of aromatic nitrogens is 3. The number of rotatable bonds is 10. The molecule has 4 rings (SSSR count). The normalized spacial score (nSPS) is 10.8. The van der Waals surface area contributed by atoms with Crippen LogP contribution in [0.5, 0.6) is 11.5 Å². The van der Waals surface area contributed by atoms with E-state index in [0.717, 1.165) is 5.69 Å². The lowest BCUT2D eigenvalue weighted by Gasteiger charge is -2.13. The Morgan fingerprint density at radius 1 is 1.15 bits per heavy atom.